The average Bonchev–Trinajstić information content (AvgIpc) is 3.01. The van der Waals surface area contributed by atoms with Gasteiger partial charge in [0, 0.05) is 17.8 Å². The zero-order chi connectivity index (χ0) is 16.9. The molecule has 1 aliphatic rings. The first-order valence-corrected chi connectivity index (χ1v) is 8.01. The van der Waals surface area contributed by atoms with Gasteiger partial charge in [-0.1, -0.05) is 29.8 Å². The molecular formula is C19H20N2O3. The number of hydrogen-bond donors (Lipinski definition) is 1. The smallest absolute Gasteiger partial charge is 0.414 e. The number of nitrogens with one attached hydrogen (secondary N) is 1. The van der Waals surface area contributed by atoms with E-state index < -0.39 is 0 Å². The summed E-state index contributed by atoms with van der Waals surface area (Å²) < 4.78 is 4.91. The van der Waals surface area contributed by atoms with Crippen LogP contribution in [0.25, 0.3) is 0 Å². The average molecular weight is 324 g/mol. The molecule has 3 rings (SSSR count). The van der Waals surface area contributed by atoms with Gasteiger partial charge in [-0.3, -0.25) is 9.69 Å². The lowest BCUT2D eigenvalue weighted by Gasteiger charge is -2.13. The van der Waals surface area contributed by atoms with E-state index in [2.05, 4.69) is 30.4 Å². The molecular weight excluding hydrogens is 304 g/mol. The molecule has 1 aliphatic heterocycles. The number of anilines is 1. The van der Waals surface area contributed by atoms with Crippen molar-refractivity contribution in [3.8, 4) is 0 Å². The van der Waals surface area contributed by atoms with Gasteiger partial charge in [-0.25, -0.2) is 4.79 Å². The van der Waals surface area contributed by atoms with E-state index in [1.807, 2.05) is 6.07 Å². The highest BCUT2D eigenvalue weighted by Gasteiger charge is 2.23. The van der Waals surface area contributed by atoms with Crippen molar-refractivity contribution >= 4 is 17.7 Å². The predicted octanol–water partition coefficient (Wildman–Crippen LogP) is 2.92. The van der Waals surface area contributed by atoms with Crippen LogP contribution in [0, 0.1) is 6.92 Å². The summed E-state index contributed by atoms with van der Waals surface area (Å²) in [6.45, 7) is 3.59. The highest BCUT2D eigenvalue weighted by Crippen LogP contribution is 2.19. The molecule has 1 heterocycles. The van der Waals surface area contributed by atoms with Crippen LogP contribution in [0.5, 0.6) is 0 Å². The molecule has 124 valence electrons. The van der Waals surface area contributed by atoms with Crippen molar-refractivity contribution in [3.05, 3.63) is 65.2 Å². The number of hydrogen-bond acceptors (Lipinski definition) is 3. The van der Waals surface area contributed by atoms with Gasteiger partial charge >= 0.3 is 6.09 Å². The summed E-state index contributed by atoms with van der Waals surface area (Å²) in [5, 5.41) is 2.92. The Bertz CT molecular complexity index is 741. The molecule has 0 atom stereocenters. The van der Waals surface area contributed by atoms with Crippen LogP contribution in [0.1, 0.15) is 21.5 Å². The summed E-state index contributed by atoms with van der Waals surface area (Å²) in [4.78, 5) is 25.3. The van der Waals surface area contributed by atoms with Gasteiger partial charge < -0.3 is 10.1 Å². The van der Waals surface area contributed by atoms with Gasteiger partial charge in [-0.2, -0.15) is 0 Å². The molecule has 1 N–H and O–H groups in total. The minimum atomic E-state index is -0.342. The van der Waals surface area contributed by atoms with E-state index in [4.69, 9.17) is 4.74 Å². The lowest BCUT2D eigenvalue weighted by atomic mass is 10.1. The zero-order valence-electron chi connectivity index (χ0n) is 13.6. The van der Waals surface area contributed by atoms with Gasteiger partial charge in [0.2, 0.25) is 0 Å². The molecule has 1 saturated heterocycles. The first kappa shape index (κ1) is 16.1. The van der Waals surface area contributed by atoms with Gasteiger partial charge in [0.05, 0.1) is 6.54 Å². The molecule has 2 amide bonds. The Balaban J connectivity index is 1.54. The van der Waals surface area contributed by atoms with E-state index in [9.17, 15) is 9.59 Å². The number of rotatable bonds is 5. The van der Waals surface area contributed by atoms with Gasteiger partial charge in [0.25, 0.3) is 5.91 Å². The Kier molecular flexibility index (Phi) is 4.79. The largest absolute Gasteiger partial charge is 0.447 e. The van der Waals surface area contributed by atoms with Crippen molar-refractivity contribution in [2.75, 3.05) is 24.6 Å². The number of ether oxygens (including phenoxy) is 1. The van der Waals surface area contributed by atoms with E-state index in [0.29, 0.717) is 25.3 Å². The minimum Gasteiger partial charge on any atom is -0.447 e. The number of amides is 2. The molecule has 24 heavy (non-hydrogen) atoms. The second kappa shape index (κ2) is 7.17. The number of carbonyl (C=O) groups is 2. The molecule has 2 aromatic rings. The maximum Gasteiger partial charge on any atom is 0.414 e. The van der Waals surface area contributed by atoms with Crippen LogP contribution in [0.3, 0.4) is 0 Å². The highest BCUT2D eigenvalue weighted by atomic mass is 16.6. The second-order valence-corrected chi connectivity index (χ2v) is 5.81. The Hall–Kier alpha value is -2.82. The molecule has 0 radical (unpaired) electrons. The molecule has 1 fully saturated rings. The lowest BCUT2D eigenvalue weighted by Crippen LogP contribution is -2.26. The van der Waals surface area contributed by atoms with E-state index in [1.54, 1.807) is 29.2 Å². The lowest BCUT2D eigenvalue weighted by molar-refractivity contribution is 0.0954. The first-order valence-electron chi connectivity index (χ1n) is 8.01. The van der Waals surface area contributed by atoms with Crippen molar-refractivity contribution in [2.45, 2.75) is 13.3 Å². The van der Waals surface area contributed by atoms with Crippen LogP contribution in [-0.2, 0) is 11.2 Å². The maximum atomic E-state index is 12.2. The van der Waals surface area contributed by atoms with Crippen molar-refractivity contribution in [1.29, 1.82) is 0 Å². The normalized spacial score (nSPS) is 13.7. The van der Waals surface area contributed by atoms with Crippen LogP contribution < -0.4 is 10.2 Å². The summed E-state index contributed by atoms with van der Waals surface area (Å²) in [6, 6.07) is 15.2. The van der Waals surface area contributed by atoms with Gasteiger partial charge in [-0.05, 0) is 43.2 Å². The van der Waals surface area contributed by atoms with E-state index >= 15 is 0 Å². The highest BCUT2D eigenvalue weighted by molar-refractivity contribution is 5.95. The van der Waals surface area contributed by atoms with Crippen LogP contribution in [0.4, 0.5) is 10.5 Å². The van der Waals surface area contributed by atoms with Crippen molar-refractivity contribution in [3.63, 3.8) is 0 Å². The molecule has 0 aliphatic carbocycles. The summed E-state index contributed by atoms with van der Waals surface area (Å²) in [7, 11) is 0. The van der Waals surface area contributed by atoms with Crippen molar-refractivity contribution in [1.82, 2.24) is 5.32 Å². The Morgan fingerprint density at radius 3 is 2.67 bits per heavy atom. The van der Waals surface area contributed by atoms with Gasteiger partial charge in [0.1, 0.15) is 6.61 Å². The summed E-state index contributed by atoms with van der Waals surface area (Å²) in [5.74, 6) is -0.113. The van der Waals surface area contributed by atoms with Crippen LogP contribution >= 0.6 is 0 Å². The van der Waals surface area contributed by atoms with Gasteiger partial charge in [0.15, 0.2) is 0 Å². The van der Waals surface area contributed by atoms with Crippen LogP contribution in [-0.4, -0.2) is 31.7 Å². The molecule has 0 aromatic heterocycles. The molecule has 0 bridgehead atoms. The fourth-order valence-electron chi connectivity index (χ4n) is 2.71. The minimum absolute atomic E-state index is 0.113. The molecule has 5 heteroatoms. The van der Waals surface area contributed by atoms with E-state index in [1.165, 1.54) is 11.1 Å². The maximum absolute atomic E-state index is 12.2. The molecule has 2 aromatic carbocycles. The fraction of sp³-hybridized carbons (Fsp3) is 0.263. The topological polar surface area (TPSA) is 58.6 Å². The van der Waals surface area contributed by atoms with Crippen molar-refractivity contribution in [2.24, 2.45) is 0 Å². The number of cyclic esters (lactones) is 1. The number of benzene rings is 2. The fourth-order valence-corrected chi connectivity index (χ4v) is 2.71. The first-order chi connectivity index (χ1) is 11.6. The third-order valence-electron chi connectivity index (χ3n) is 3.98. The van der Waals surface area contributed by atoms with E-state index in [-0.39, 0.29) is 12.0 Å². The zero-order valence-corrected chi connectivity index (χ0v) is 13.6. The van der Waals surface area contributed by atoms with Crippen molar-refractivity contribution < 1.29 is 14.3 Å². The quantitative estimate of drug-likeness (QED) is 0.920. The third-order valence-corrected chi connectivity index (χ3v) is 3.98. The summed E-state index contributed by atoms with van der Waals surface area (Å²) >= 11 is 0. The Morgan fingerprint density at radius 1 is 1.21 bits per heavy atom. The number of nitrogens with zero attached hydrogens (tertiary/aromatic N) is 1. The monoisotopic (exact) mass is 324 g/mol. The Morgan fingerprint density at radius 2 is 2.00 bits per heavy atom. The second-order valence-electron chi connectivity index (χ2n) is 5.81. The van der Waals surface area contributed by atoms with Crippen LogP contribution in [0.15, 0.2) is 48.5 Å². The SMILES string of the molecule is Cc1cccc(CCNC(=O)c2ccc(N3CCOC3=O)cc2)c1. The number of carbonyl (C=O) groups excluding carboxylic acids is 2. The third kappa shape index (κ3) is 3.74. The molecule has 0 saturated carbocycles. The van der Waals surface area contributed by atoms with Gasteiger partial charge in [-0.15, -0.1) is 0 Å². The van der Waals surface area contributed by atoms with Crippen LogP contribution in [0.2, 0.25) is 0 Å². The summed E-state index contributed by atoms with van der Waals surface area (Å²) in [5.41, 5.74) is 3.75. The molecule has 0 unspecified atom stereocenters. The predicted molar refractivity (Wildman–Crippen MR) is 92.4 cm³/mol. The Labute approximate surface area is 141 Å². The molecule has 0 spiro atoms. The standard InChI is InChI=1S/C19H20N2O3/c1-14-3-2-4-15(13-14)9-10-20-18(22)16-5-7-17(8-6-16)21-11-12-24-19(21)23/h2-8,13H,9-12H2,1H3,(H,20,22). The number of aryl methyl sites for hydroxylation is 1. The van der Waals surface area contributed by atoms with E-state index in [0.717, 1.165) is 12.1 Å². The molecule has 5 nitrogen and oxygen atoms in total. The summed E-state index contributed by atoms with van der Waals surface area (Å²) in [6.07, 6.45) is 0.454.